The van der Waals surface area contributed by atoms with Crippen LogP contribution in [0, 0.1) is 6.92 Å². The van der Waals surface area contributed by atoms with E-state index in [-0.39, 0.29) is 10.9 Å². The number of hydrogen-bond acceptors (Lipinski definition) is 5. The minimum atomic E-state index is -3.63. The van der Waals surface area contributed by atoms with Gasteiger partial charge in [0, 0.05) is 12.2 Å². The average molecular weight is 333 g/mol. The van der Waals surface area contributed by atoms with Crippen LogP contribution in [0.1, 0.15) is 12.5 Å². The van der Waals surface area contributed by atoms with Crippen LogP contribution in [-0.2, 0) is 16.6 Å². The molecule has 2 N–H and O–H groups in total. The molecule has 1 aromatic heterocycles. The smallest absolute Gasteiger partial charge is 0.286 e. The summed E-state index contributed by atoms with van der Waals surface area (Å²) in [7, 11) is -3.63. The quantitative estimate of drug-likeness (QED) is 0.863. The van der Waals surface area contributed by atoms with Gasteiger partial charge in [-0.3, -0.25) is 4.68 Å². The lowest BCUT2D eigenvalue weighted by atomic mass is 10.3. The first kappa shape index (κ1) is 15.7. The second kappa shape index (κ2) is 6.13. The molecule has 0 saturated heterocycles. The van der Waals surface area contributed by atoms with Crippen LogP contribution in [-0.4, -0.2) is 36.6 Å². The predicted molar refractivity (Wildman–Crippen MR) is 89.1 cm³/mol. The van der Waals surface area contributed by atoms with Gasteiger partial charge >= 0.3 is 0 Å². The van der Waals surface area contributed by atoms with E-state index in [1.807, 2.05) is 30.9 Å². The van der Waals surface area contributed by atoms with Crippen molar-refractivity contribution in [2.24, 2.45) is 4.40 Å². The number of nitrogens with one attached hydrogen (secondary N) is 2. The summed E-state index contributed by atoms with van der Waals surface area (Å²) in [4.78, 5) is 0.212. The number of anilines is 1. The molecular weight excluding hydrogens is 314 g/mol. The minimum Gasteiger partial charge on any atom is -0.341 e. The zero-order chi connectivity index (χ0) is 16.4. The zero-order valence-corrected chi connectivity index (χ0v) is 13.8. The van der Waals surface area contributed by atoms with Crippen molar-refractivity contribution in [3.8, 4) is 0 Å². The molecule has 0 fully saturated rings. The van der Waals surface area contributed by atoms with Crippen molar-refractivity contribution >= 4 is 21.5 Å². The fourth-order valence-corrected chi connectivity index (χ4v) is 3.57. The Morgan fingerprint density at radius 1 is 1.35 bits per heavy atom. The lowest BCUT2D eigenvalue weighted by molar-refractivity contribution is 0.472. The maximum absolute atomic E-state index is 12.2. The summed E-state index contributed by atoms with van der Waals surface area (Å²) in [5.74, 6) is 0.396. The predicted octanol–water partition coefficient (Wildman–Crippen LogP) is 1.38. The van der Waals surface area contributed by atoms with E-state index in [0.717, 1.165) is 5.56 Å². The van der Waals surface area contributed by atoms with Crippen molar-refractivity contribution in [1.29, 1.82) is 0 Å². The molecule has 7 nitrogen and oxygen atoms in total. The standard InChI is InChI=1S/C15H19N5O2S/c1-11-7-17-20(9-11)10-12(2)16-8-15-18-13-5-3-4-6-14(13)23(21,22)19-15/h3-7,9,12,16H,8,10H2,1-2H3,(H,18,19)/t12-/m0/s1. The van der Waals surface area contributed by atoms with E-state index in [4.69, 9.17) is 0 Å². The first-order chi connectivity index (χ1) is 10.9. The summed E-state index contributed by atoms with van der Waals surface area (Å²) in [6.07, 6.45) is 3.78. The van der Waals surface area contributed by atoms with Gasteiger partial charge in [0.25, 0.3) is 10.0 Å². The Kier molecular flexibility index (Phi) is 4.18. The van der Waals surface area contributed by atoms with Gasteiger partial charge in [-0.25, -0.2) is 0 Å². The molecule has 0 radical (unpaired) electrons. The lowest BCUT2D eigenvalue weighted by Gasteiger charge is -2.20. The molecule has 8 heteroatoms. The largest absolute Gasteiger partial charge is 0.341 e. The van der Waals surface area contributed by atoms with Crippen molar-refractivity contribution in [3.05, 3.63) is 42.2 Å². The maximum atomic E-state index is 12.2. The van der Waals surface area contributed by atoms with Gasteiger partial charge in [-0.05, 0) is 31.5 Å². The normalized spacial score (nSPS) is 17.0. The summed E-state index contributed by atoms with van der Waals surface area (Å²) in [5, 5.41) is 10.6. The highest BCUT2D eigenvalue weighted by atomic mass is 32.2. The van der Waals surface area contributed by atoms with Gasteiger partial charge in [-0.2, -0.15) is 13.5 Å². The summed E-state index contributed by atoms with van der Waals surface area (Å²) >= 11 is 0. The van der Waals surface area contributed by atoms with Gasteiger partial charge in [-0.1, -0.05) is 12.1 Å². The fraction of sp³-hybridized carbons (Fsp3) is 0.333. The molecule has 0 aliphatic carbocycles. The van der Waals surface area contributed by atoms with Crippen molar-refractivity contribution in [1.82, 2.24) is 15.1 Å². The molecule has 1 atom stereocenters. The Labute approximate surface area is 135 Å². The number of fused-ring (bicyclic) bond motifs is 1. The third kappa shape index (κ3) is 3.59. The van der Waals surface area contributed by atoms with Crippen LogP contribution in [0.15, 0.2) is 46.0 Å². The molecule has 122 valence electrons. The van der Waals surface area contributed by atoms with Crippen molar-refractivity contribution in [3.63, 3.8) is 0 Å². The second-order valence-electron chi connectivity index (χ2n) is 5.66. The van der Waals surface area contributed by atoms with Crippen molar-refractivity contribution in [2.45, 2.75) is 31.3 Å². The van der Waals surface area contributed by atoms with E-state index < -0.39 is 10.0 Å². The Morgan fingerprint density at radius 2 is 2.13 bits per heavy atom. The monoisotopic (exact) mass is 333 g/mol. The van der Waals surface area contributed by atoms with Gasteiger partial charge in [0.15, 0.2) is 0 Å². The van der Waals surface area contributed by atoms with E-state index in [0.29, 0.717) is 24.6 Å². The molecule has 0 amide bonds. The zero-order valence-electron chi connectivity index (χ0n) is 13.0. The Hall–Kier alpha value is -2.19. The molecule has 1 aliphatic rings. The third-order valence-corrected chi connectivity index (χ3v) is 4.89. The van der Waals surface area contributed by atoms with Gasteiger partial charge in [0.05, 0.1) is 25.0 Å². The van der Waals surface area contributed by atoms with Crippen molar-refractivity contribution in [2.75, 3.05) is 11.9 Å². The number of aryl methyl sites for hydroxylation is 1. The molecule has 1 aliphatic heterocycles. The van der Waals surface area contributed by atoms with Gasteiger partial charge in [0.1, 0.15) is 10.7 Å². The van der Waals surface area contributed by atoms with Gasteiger partial charge in [0.2, 0.25) is 0 Å². The van der Waals surface area contributed by atoms with Crippen LogP contribution < -0.4 is 10.6 Å². The number of benzene rings is 1. The summed E-state index contributed by atoms with van der Waals surface area (Å²) in [5.41, 5.74) is 1.67. The summed E-state index contributed by atoms with van der Waals surface area (Å²) in [6, 6.07) is 6.88. The number of hydrogen-bond donors (Lipinski definition) is 2. The topological polar surface area (TPSA) is 88.4 Å². The van der Waals surface area contributed by atoms with Gasteiger partial charge in [-0.15, -0.1) is 4.40 Å². The molecule has 1 aromatic carbocycles. The third-order valence-electron chi connectivity index (χ3n) is 3.52. The molecule has 23 heavy (non-hydrogen) atoms. The SMILES string of the molecule is Cc1cnn(C[C@H](C)NCC2=NS(=O)(=O)c3ccccc3N2)c1. The number of amidine groups is 1. The van der Waals surface area contributed by atoms with Crippen LogP contribution in [0.25, 0.3) is 0 Å². The summed E-state index contributed by atoms with van der Waals surface area (Å²) < 4.78 is 30.0. The van der Waals surface area contributed by atoms with E-state index in [1.165, 1.54) is 0 Å². The summed E-state index contributed by atoms with van der Waals surface area (Å²) in [6.45, 7) is 5.05. The number of rotatable bonds is 5. The van der Waals surface area contributed by atoms with E-state index in [2.05, 4.69) is 20.1 Å². The van der Waals surface area contributed by atoms with Crippen molar-refractivity contribution < 1.29 is 8.42 Å². The van der Waals surface area contributed by atoms with Crippen LogP contribution in [0.3, 0.4) is 0 Å². The van der Waals surface area contributed by atoms with Crippen LogP contribution in [0.2, 0.25) is 0 Å². The molecule has 2 heterocycles. The number of aromatic nitrogens is 2. The first-order valence-electron chi connectivity index (χ1n) is 7.36. The number of para-hydroxylation sites is 1. The van der Waals surface area contributed by atoms with Crippen LogP contribution >= 0.6 is 0 Å². The minimum absolute atomic E-state index is 0.124. The number of nitrogens with zero attached hydrogens (tertiary/aromatic N) is 3. The van der Waals surface area contributed by atoms with E-state index in [1.54, 1.807) is 24.3 Å². The van der Waals surface area contributed by atoms with Crippen LogP contribution in [0.4, 0.5) is 5.69 Å². The fourth-order valence-electron chi connectivity index (χ4n) is 2.43. The van der Waals surface area contributed by atoms with E-state index in [9.17, 15) is 8.42 Å². The second-order valence-corrected chi connectivity index (χ2v) is 7.23. The van der Waals surface area contributed by atoms with Gasteiger partial charge < -0.3 is 10.6 Å². The highest BCUT2D eigenvalue weighted by Gasteiger charge is 2.24. The Balaban J connectivity index is 1.64. The highest BCUT2D eigenvalue weighted by molar-refractivity contribution is 7.90. The molecule has 0 spiro atoms. The molecule has 0 bridgehead atoms. The van der Waals surface area contributed by atoms with Crippen LogP contribution in [0.5, 0.6) is 0 Å². The molecule has 2 aromatic rings. The average Bonchev–Trinajstić information content (AvgIpc) is 2.90. The lowest BCUT2D eigenvalue weighted by Crippen LogP contribution is -2.38. The Morgan fingerprint density at radius 3 is 2.87 bits per heavy atom. The number of sulfonamides is 1. The molecule has 0 unspecified atom stereocenters. The molecule has 0 saturated carbocycles. The molecular formula is C15H19N5O2S. The Bertz CT molecular complexity index is 841. The highest BCUT2D eigenvalue weighted by Crippen LogP contribution is 2.26. The maximum Gasteiger partial charge on any atom is 0.286 e. The van der Waals surface area contributed by atoms with E-state index >= 15 is 0 Å². The molecule has 3 rings (SSSR count). The first-order valence-corrected chi connectivity index (χ1v) is 8.80.